The van der Waals surface area contributed by atoms with Crippen LogP contribution < -0.4 is 10.2 Å². The number of anilines is 1. The summed E-state index contributed by atoms with van der Waals surface area (Å²) in [6, 6.07) is 23.0. The van der Waals surface area contributed by atoms with Crippen LogP contribution in [0.25, 0.3) is 0 Å². The average molecular weight is 476 g/mol. The van der Waals surface area contributed by atoms with Crippen LogP contribution in [0.2, 0.25) is 0 Å². The van der Waals surface area contributed by atoms with Gasteiger partial charge in [0.15, 0.2) is 0 Å². The molecule has 0 unspecified atom stereocenters. The molecule has 0 spiro atoms. The predicted molar refractivity (Wildman–Crippen MR) is 133 cm³/mol. The van der Waals surface area contributed by atoms with Gasteiger partial charge >= 0.3 is 0 Å². The molecule has 176 valence electrons. The Morgan fingerprint density at radius 2 is 1.50 bits per heavy atom. The maximum absolute atomic E-state index is 12.7. The molecule has 0 radical (unpaired) electrons. The van der Waals surface area contributed by atoms with Crippen molar-refractivity contribution in [2.45, 2.75) is 37.2 Å². The molecule has 2 aliphatic heterocycles. The summed E-state index contributed by atoms with van der Waals surface area (Å²) in [7, 11) is -3.42. The lowest BCUT2D eigenvalue weighted by Gasteiger charge is -2.30. The number of nitrogens with zero attached hydrogens (tertiary/aromatic N) is 2. The second kappa shape index (κ2) is 9.60. The fourth-order valence-electron chi connectivity index (χ4n) is 4.68. The zero-order valence-corrected chi connectivity index (χ0v) is 19.9. The third kappa shape index (κ3) is 4.72. The van der Waals surface area contributed by atoms with Crippen LogP contribution in [0, 0.1) is 0 Å². The molecule has 2 heterocycles. The van der Waals surface area contributed by atoms with Gasteiger partial charge in [0.1, 0.15) is 0 Å². The van der Waals surface area contributed by atoms with Gasteiger partial charge in [0.25, 0.3) is 5.91 Å². The second-order valence-corrected chi connectivity index (χ2v) is 10.9. The van der Waals surface area contributed by atoms with E-state index in [9.17, 15) is 13.2 Å². The van der Waals surface area contributed by atoms with Crippen molar-refractivity contribution in [3.63, 3.8) is 0 Å². The number of hydrogen-bond donors (Lipinski definition) is 1. The first-order valence-electron chi connectivity index (χ1n) is 11.8. The van der Waals surface area contributed by atoms with Crippen LogP contribution in [-0.2, 0) is 29.5 Å². The number of benzene rings is 3. The Morgan fingerprint density at radius 3 is 2.21 bits per heavy atom. The van der Waals surface area contributed by atoms with Crippen LogP contribution in [-0.4, -0.2) is 38.3 Å². The highest BCUT2D eigenvalue weighted by molar-refractivity contribution is 7.89. The lowest BCUT2D eigenvalue weighted by molar-refractivity contribution is 0.0951. The smallest absolute Gasteiger partial charge is 0.251 e. The van der Waals surface area contributed by atoms with E-state index in [0.717, 1.165) is 43.6 Å². The van der Waals surface area contributed by atoms with Gasteiger partial charge in [0.05, 0.1) is 4.90 Å². The van der Waals surface area contributed by atoms with Gasteiger partial charge in [0.2, 0.25) is 10.0 Å². The molecule has 1 amide bonds. The molecule has 0 aliphatic carbocycles. The minimum atomic E-state index is -3.42. The molecule has 1 saturated heterocycles. The van der Waals surface area contributed by atoms with Crippen molar-refractivity contribution in [1.29, 1.82) is 0 Å². The predicted octanol–water partition coefficient (Wildman–Crippen LogP) is 3.96. The van der Waals surface area contributed by atoms with Gasteiger partial charge in [0, 0.05) is 44.0 Å². The number of sulfonamides is 1. The molecular weight excluding hydrogens is 446 g/mol. The number of fused-ring (bicyclic) bond motifs is 1. The summed E-state index contributed by atoms with van der Waals surface area (Å²) in [6.45, 7) is 3.36. The third-order valence-corrected chi connectivity index (χ3v) is 8.62. The summed E-state index contributed by atoms with van der Waals surface area (Å²) in [5.74, 6) is -0.149. The van der Waals surface area contributed by atoms with Crippen LogP contribution in [0.3, 0.4) is 0 Å². The van der Waals surface area contributed by atoms with E-state index in [1.54, 1.807) is 24.3 Å². The molecule has 0 bridgehead atoms. The van der Waals surface area contributed by atoms with Crippen molar-refractivity contribution < 1.29 is 13.2 Å². The minimum absolute atomic E-state index is 0.149. The quantitative estimate of drug-likeness (QED) is 0.586. The van der Waals surface area contributed by atoms with Crippen LogP contribution in [0.1, 0.15) is 39.9 Å². The van der Waals surface area contributed by atoms with E-state index in [2.05, 4.69) is 34.5 Å². The number of rotatable bonds is 6. The fraction of sp³-hybridized carbons (Fsp3) is 0.296. The van der Waals surface area contributed by atoms with Crippen LogP contribution in [0.5, 0.6) is 0 Å². The highest BCUT2D eigenvalue weighted by atomic mass is 32.2. The number of hydrogen-bond acceptors (Lipinski definition) is 4. The Bertz CT molecular complexity index is 1270. The molecule has 0 saturated carbocycles. The number of nitrogens with one attached hydrogen (secondary N) is 1. The highest BCUT2D eigenvalue weighted by Gasteiger charge is 2.26. The first-order chi connectivity index (χ1) is 16.5. The molecule has 1 fully saturated rings. The van der Waals surface area contributed by atoms with Crippen molar-refractivity contribution in [2.24, 2.45) is 0 Å². The first-order valence-corrected chi connectivity index (χ1v) is 13.2. The minimum Gasteiger partial charge on any atom is -0.367 e. The highest BCUT2D eigenvalue weighted by Crippen LogP contribution is 2.25. The van der Waals surface area contributed by atoms with E-state index in [4.69, 9.17) is 0 Å². The Kier molecular flexibility index (Phi) is 6.39. The summed E-state index contributed by atoms with van der Waals surface area (Å²) < 4.78 is 26.8. The van der Waals surface area contributed by atoms with Gasteiger partial charge < -0.3 is 10.2 Å². The summed E-state index contributed by atoms with van der Waals surface area (Å²) in [5, 5.41) is 2.93. The summed E-state index contributed by atoms with van der Waals surface area (Å²) >= 11 is 0. The molecule has 5 rings (SSSR count). The lowest BCUT2D eigenvalue weighted by atomic mass is 9.99. The van der Waals surface area contributed by atoms with Crippen LogP contribution in [0.4, 0.5) is 5.69 Å². The van der Waals surface area contributed by atoms with Gasteiger partial charge in [-0.05, 0) is 72.4 Å². The summed E-state index contributed by atoms with van der Waals surface area (Å²) in [4.78, 5) is 15.3. The largest absolute Gasteiger partial charge is 0.367 e. The van der Waals surface area contributed by atoms with Gasteiger partial charge in [-0.1, -0.05) is 36.4 Å². The average Bonchev–Trinajstić information content (AvgIpc) is 3.43. The number of carbonyl (C=O) groups excluding carboxylic acids is 1. The van der Waals surface area contributed by atoms with Gasteiger partial charge in [-0.3, -0.25) is 4.79 Å². The van der Waals surface area contributed by atoms with Gasteiger partial charge in [-0.25, -0.2) is 8.42 Å². The molecule has 3 aromatic rings. The molecule has 2 aliphatic rings. The third-order valence-electron chi connectivity index (χ3n) is 6.70. The van der Waals surface area contributed by atoms with Crippen molar-refractivity contribution in [2.75, 3.05) is 24.5 Å². The Balaban J connectivity index is 1.17. The molecular formula is C27H29N3O3S. The molecule has 7 heteroatoms. The van der Waals surface area contributed by atoms with Crippen molar-refractivity contribution in [3.8, 4) is 0 Å². The molecule has 34 heavy (non-hydrogen) atoms. The maximum atomic E-state index is 12.7. The van der Waals surface area contributed by atoms with E-state index in [-0.39, 0.29) is 5.91 Å². The second-order valence-electron chi connectivity index (χ2n) is 8.92. The summed E-state index contributed by atoms with van der Waals surface area (Å²) in [5.41, 5.74) is 5.35. The van der Waals surface area contributed by atoms with E-state index in [0.29, 0.717) is 30.1 Å². The zero-order valence-electron chi connectivity index (χ0n) is 19.1. The molecule has 0 atom stereocenters. The monoisotopic (exact) mass is 475 g/mol. The SMILES string of the molecule is O=C(NCc1ccc(S(=O)(=O)N2CCCC2)cc1)c1ccc(N2CCc3ccccc3C2)cc1. The van der Waals surface area contributed by atoms with Crippen molar-refractivity contribution >= 4 is 21.6 Å². The van der Waals surface area contributed by atoms with Crippen molar-refractivity contribution in [3.05, 3.63) is 95.1 Å². The zero-order chi connectivity index (χ0) is 23.5. The van der Waals surface area contributed by atoms with E-state index in [1.165, 1.54) is 15.4 Å². The standard InChI is InChI=1S/C27H29N3O3S/c31-27(28-19-21-7-13-26(14-8-21)34(32,33)30-16-3-4-17-30)23-9-11-25(12-10-23)29-18-15-22-5-1-2-6-24(22)20-29/h1-2,5-14H,3-4,15-20H2,(H,28,31). The van der Waals surface area contributed by atoms with Crippen LogP contribution in [0.15, 0.2) is 77.7 Å². The summed E-state index contributed by atoms with van der Waals surface area (Å²) in [6.07, 6.45) is 2.85. The molecule has 0 aromatic heterocycles. The maximum Gasteiger partial charge on any atom is 0.251 e. The number of amides is 1. The Morgan fingerprint density at radius 1 is 0.824 bits per heavy atom. The van der Waals surface area contributed by atoms with E-state index < -0.39 is 10.0 Å². The molecule has 6 nitrogen and oxygen atoms in total. The Hall–Kier alpha value is -3.16. The number of carbonyl (C=O) groups is 1. The van der Waals surface area contributed by atoms with Crippen molar-refractivity contribution in [1.82, 2.24) is 9.62 Å². The molecule has 1 N–H and O–H groups in total. The van der Waals surface area contributed by atoms with E-state index >= 15 is 0 Å². The normalized spacial score (nSPS) is 16.3. The topological polar surface area (TPSA) is 69.7 Å². The van der Waals surface area contributed by atoms with Crippen LogP contribution >= 0.6 is 0 Å². The van der Waals surface area contributed by atoms with Gasteiger partial charge in [-0.2, -0.15) is 4.31 Å². The van der Waals surface area contributed by atoms with E-state index in [1.807, 2.05) is 24.3 Å². The molecule has 3 aromatic carbocycles. The Labute approximate surface area is 201 Å². The van der Waals surface area contributed by atoms with Gasteiger partial charge in [-0.15, -0.1) is 0 Å². The lowest BCUT2D eigenvalue weighted by Crippen LogP contribution is -2.30. The first kappa shape index (κ1) is 22.6. The fourth-order valence-corrected chi connectivity index (χ4v) is 6.20.